The van der Waals surface area contributed by atoms with Crippen LogP contribution in [0.5, 0.6) is 0 Å². The lowest BCUT2D eigenvalue weighted by Gasteiger charge is -2.05. The smallest absolute Gasteiger partial charge is 0.248 e. The molecular weight excluding hydrogens is 234 g/mol. The molecular formula is C17H17NO. The molecule has 0 unspecified atom stereocenters. The number of anilines is 1. The molecule has 0 aliphatic heterocycles. The van der Waals surface area contributed by atoms with Crippen molar-refractivity contribution in [3.05, 3.63) is 71.3 Å². The van der Waals surface area contributed by atoms with Crippen molar-refractivity contribution in [2.24, 2.45) is 0 Å². The summed E-state index contributed by atoms with van der Waals surface area (Å²) in [5.74, 6) is -0.116. The number of para-hydroxylation sites is 1. The summed E-state index contributed by atoms with van der Waals surface area (Å²) in [6.07, 6.45) is 3.37. The van der Waals surface area contributed by atoms with Gasteiger partial charge in [0.25, 0.3) is 0 Å². The summed E-state index contributed by atoms with van der Waals surface area (Å²) in [4.78, 5) is 11.8. The number of nitrogens with one attached hydrogen (secondary N) is 1. The minimum Gasteiger partial charge on any atom is -0.322 e. The van der Waals surface area contributed by atoms with Crippen LogP contribution in [0.3, 0.4) is 0 Å². The van der Waals surface area contributed by atoms with Gasteiger partial charge in [0, 0.05) is 11.8 Å². The molecule has 2 aromatic carbocycles. The zero-order valence-electron chi connectivity index (χ0n) is 11.2. The molecule has 2 aromatic rings. The van der Waals surface area contributed by atoms with Crippen LogP contribution in [-0.2, 0) is 4.79 Å². The molecule has 0 spiro atoms. The van der Waals surface area contributed by atoms with Gasteiger partial charge >= 0.3 is 0 Å². The average Bonchev–Trinajstić information content (AvgIpc) is 2.41. The highest BCUT2D eigenvalue weighted by Gasteiger charge is 1.99. The molecule has 0 aromatic heterocycles. The van der Waals surface area contributed by atoms with E-state index in [9.17, 15) is 4.79 Å². The van der Waals surface area contributed by atoms with Crippen LogP contribution in [0.15, 0.2) is 54.6 Å². The lowest BCUT2D eigenvalue weighted by atomic mass is 10.1. The van der Waals surface area contributed by atoms with Gasteiger partial charge in [-0.05, 0) is 37.1 Å². The molecule has 1 N–H and O–H groups in total. The Morgan fingerprint density at radius 2 is 1.68 bits per heavy atom. The van der Waals surface area contributed by atoms with Crippen molar-refractivity contribution in [1.82, 2.24) is 0 Å². The van der Waals surface area contributed by atoms with E-state index in [1.54, 1.807) is 6.08 Å². The van der Waals surface area contributed by atoms with Crippen molar-refractivity contribution < 1.29 is 4.79 Å². The molecule has 0 heterocycles. The van der Waals surface area contributed by atoms with Crippen LogP contribution in [0.25, 0.3) is 6.08 Å². The van der Waals surface area contributed by atoms with Crippen molar-refractivity contribution in [2.45, 2.75) is 13.8 Å². The third-order valence-electron chi connectivity index (χ3n) is 2.91. The van der Waals surface area contributed by atoms with Gasteiger partial charge in [0.2, 0.25) is 5.91 Å². The SMILES string of the molecule is Cc1ccc(C=CC(=O)Nc2ccccc2C)cc1. The van der Waals surface area contributed by atoms with Crippen molar-refractivity contribution >= 4 is 17.7 Å². The standard InChI is InChI=1S/C17H17NO/c1-13-7-9-15(10-8-13)11-12-17(19)18-16-6-4-3-5-14(16)2/h3-12H,1-2H3,(H,18,19). The van der Waals surface area contributed by atoms with Crippen LogP contribution in [0.1, 0.15) is 16.7 Å². The van der Waals surface area contributed by atoms with Crippen LogP contribution in [-0.4, -0.2) is 5.91 Å². The van der Waals surface area contributed by atoms with E-state index in [4.69, 9.17) is 0 Å². The van der Waals surface area contributed by atoms with Crippen molar-refractivity contribution in [2.75, 3.05) is 5.32 Å². The van der Waals surface area contributed by atoms with Gasteiger partial charge in [0.1, 0.15) is 0 Å². The quantitative estimate of drug-likeness (QED) is 0.822. The maximum absolute atomic E-state index is 11.8. The molecule has 0 fully saturated rings. The monoisotopic (exact) mass is 251 g/mol. The van der Waals surface area contributed by atoms with Gasteiger partial charge in [0.05, 0.1) is 0 Å². The zero-order valence-corrected chi connectivity index (χ0v) is 11.2. The summed E-state index contributed by atoms with van der Waals surface area (Å²) in [7, 11) is 0. The molecule has 1 amide bonds. The third-order valence-corrected chi connectivity index (χ3v) is 2.91. The molecule has 0 saturated heterocycles. The van der Waals surface area contributed by atoms with Crippen molar-refractivity contribution in [1.29, 1.82) is 0 Å². The lowest BCUT2D eigenvalue weighted by molar-refractivity contribution is -0.111. The predicted octanol–water partition coefficient (Wildman–Crippen LogP) is 3.96. The molecule has 19 heavy (non-hydrogen) atoms. The van der Waals surface area contributed by atoms with Gasteiger partial charge in [-0.25, -0.2) is 0 Å². The van der Waals surface area contributed by atoms with Gasteiger partial charge in [-0.15, -0.1) is 0 Å². The normalized spacial score (nSPS) is 10.6. The molecule has 0 aliphatic carbocycles. The fraction of sp³-hybridized carbons (Fsp3) is 0.118. The van der Waals surface area contributed by atoms with Crippen molar-refractivity contribution in [3.8, 4) is 0 Å². The summed E-state index contributed by atoms with van der Waals surface area (Å²) in [5, 5.41) is 2.87. The Kier molecular flexibility index (Phi) is 4.14. The highest BCUT2D eigenvalue weighted by atomic mass is 16.1. The first-order valence-electron chi connectivity index (χ1n) is 6.26. The van der Waals surface area contributed by atoms with Crippen LogP contribution >= 0.6 is 0 Å². The first-order valence-corrected chi connectivity index (χ1v) is 6.26. The predicted molar refractivity (Wildman–Crippen MR) is 80.0 cm³/mol. The van der Waals surface area contributed by atoms with Gasteiger partial charge < -0.3 is 5.32 Å². The Balaban J connectivity index is 2.02. The van der Waals surface area contributed by atoms with Crippen LogP contribution in [0.2, 0.25) is 0 Å². The Morgan fingerprint density at radius 1 is 1.00 bits per heavy atom. The summed E-state index contributed by atoms with van der Waals surface area (Å²) in [6, 6.07) is 15.8. The number of hydrogen-bond acceptors (Lipinski definition) is 1. The van der Waals surface area contributed by atoms with E-state index in [1.165, 1.54) is 5.56 Å². The second-order valence-electron chi connectivity index (χ2n) is 4.55. The maximum Gasteiger partial charge on any atom is 0.248 e. The molecule has 96 valence electrons. The molecule has 0 atom stereocenters. The first-order chi connectivity index (χ1) is 9.15. The maximum atomic E-state index is 11.8. The van der Waals surface area contributed by atoms with Crippen LogP contribution < -0.4 is 5.32 Å². The van der Waals surface area contributed by atoms with E-state index in [0.29, 0.717) is 0 Å². The number of carbonyl (C=O) groups is 1. The summed E-state index contributed by atoms with van der Waals surface area (Å²) in [5.41, 5.74) is 4.13. The zero-order chi connectivity index (χ0) is 13.7. The minimum absolute atomic E-state index is 0.116. The Bertz CT molecular complexity index is 597. The topological polar surface area (TPSA) is 29.1 Å². The fourth-order valence-electron chi connectivity index (χ4n) is 1.74. The Hall–Kier alpha value is -2.35. The largest absolute Gasteiger partial charge is 0.322 e. The average molecular weight is 251 g/mol. The highest BCUT2D eigenvalue weighted by molar-refractivity contribution is 6.02. The molecule has 0 bridgehead atoms. The molecule has 0 radical (unpaired) electrons. The highest BCUT2D eigenvalue weighted by Crippen LogP contribution is 2.13. The van der Waals surface area contributed by atoms with E-state index >= 15 is 0 Å². The van der Waals surface area contributed by atoms with Gasteiger partial charge in [-0.1, -0.05) is 48.0 Å². The van der Waals surface area contributed by atoms with Gasteiger partial charge in [-0.3, -0.25) is 4.79 Å². The van der Waals surface area contributed by atoms with E-state index in [2.05, 4.69) is 5.32 Å². The van der Waals surface area contributed by atoms with E-state index in [-0.39, 0.29) is 5.91 Å². The molecule has 2 rings (SSSR count). The fourth-order valence-corrected chi connectivity index (χ4v) is 1.74. The van der Waals surface area contributed by atoms with E-state index in [1.807, 2.05) is 68.5 Å². The summed E-state index contributed by atoms with van der Waals surface area (Å²) in [6.45, 7) is 4.01. The van der Waals surface area contributed by atoms with E-state index in [0.717, 1.165) is 16.8 Å². The second-order valence-corrected chi connectivity index (χ2v) is 4.55. The summed E-state index contributed by atoms with van der Waals surface area (Å²) < 4.78 is 0. The number of aryl methyl sites for hydroxylation is 2. The number of benzene rings is 2. The Labute approximate surface area is 113 Å². The Morgan fingerprint density at radius 3 is 2.37 bits per heavy atom. The van der Waals surface area contributed by atoms with Crippen molar-refractivity contribution in [3.63, 3.8) is 0 Å². The number of rotatable bonds is 3. The minimum atomic E-state index is -0.116. The number of carbonyl (C=O) groups excluding carboxylic acids is 1. The molecule has 2 heteroatoms. The second kappa shape index (κ2) is 6.01. The summed E-state index contributed by atoms with van der Waals surface area (Å²) >= 11 is 0. The number of amides is 1. The molecule has 2 nitrogen and oxygen atoms in total. The van der Waals surface area contributed by atoms with Gasteiger partial charge in [0.15, 0.2) is 0 Å². The van der Waals surface area contributed by atoms with Crippen LogP contribution in [0, 0.1) is 13.8 Å². The molecule has 0 aliphatic rings. The third kappa shape index (κ3) is 3.81. The lowest BCUT2D eigenvalue weighted by Crippen LogP contribution is -2.08. The molecule has 0 saturated carbocycles. The van der Waals surface area contributed by atoms with E-state index < -0.39 is 0 Å². The first kappa shape index (κ1) is 13.1. The van der Waals surface area contributed by atoms with Gasteiger partial charge in [-0.2, -0.15) is 0 Å². The van der Waals surface area contributed by atoms with Crippen LogP contribution in [0.4, 0.5) is 5.69 Å². The number of hydrogen-bond donors (Lipinski definition) is 1.